The van der Waals surface area contributed by atoms with Gasteiger partial charge in [0.05, 0.1) is 0 Å². The van der Waals surface area contributed by atoms with Gasteiger partial charge in [-0.05, 0) is 24.6 Å². The number of aliphatic hydroxyl groups excluding tert-OH is 1. The van der Waals surface area contributed by atoms with Crippen LogP contribution in [0.4, 0.5) is 5.69 Å². The molecule has 1 fully saturated rings. The number of hydrogen-bond donors (Lipinski definition) is 2. The Morgan fingerprint density at radius 1 is 1.47 bits per heavy atom. The largest absolute Gasteiger partial charge is 0.396 e. The summed E-state index contributed by atoms with van der Waals surface area (Å²) in [6.45, 7) is 0.977. The molecule has 0 aromatic heterocycles. The summed E-state index contributed by atoms with van der Waals surface area (Å²) in [7, 11) is 0. The van der Waals surface area contributed by atoms with Crippen LogP contribution in [0.3, 0.4) is 0 Å². The van der Waals surface area contributed by atoms with Crippen molar-refractivity contribution >= 4 is 29.1 Å². The first-order chi connectivity index (χ1) is 9.10. The lowest BCUT2D eigenvalue weighted by atomic mass is 10.1. The van der Waals surface area contributed by atoms with E-state index in [0.29, 0.717) is 23.8 Å². The van der Waals surface area contributed by atoms with Crippen molar-refractivity contribution in [3.8, 4) is 0 Å². The summed E-state index contributed by atoms with van der Waals surface area (Å²) < 4.78 is 0. The van der Waals surface area contributed by atoms with Gasteiger partial charge in [-0.2, -0.15) is 0 Å². The van der Waals surface area contributed by atoms with E-state index in [9.17, 15) is 9.59 Å². The van der Waals surface area contributed by atoms with Crippen molar-refractivity contribution in [2.45, 2.75) is 6.42 Å². The highest BCUT2D eigenvalue weighted by Crippen LogP contribution is 2.17. The van der Waals surface area contributed by atoms with E-state index in [2.05, 4.69) is 5.32 Å². The maximum atomic E-state index is 11.9. The number of nitrogens with one attached hydrogen (secondary N) is 1. The number of anilines is 1. The molecule has 2 rings (SSSR count). The second-order valence-corrected chi connectivity index (χ2v) is 4.99. The summed E-state index contributed by atoms with van der Waals surface area (Å²) in [5, 5.41) is 12.0. The minimum absolute atomic E-state index is 0.0414. The van der Waals surface area contributed by atoms with Crippen molar-refractivity contribution in [3.05, 3.63) is 29.3 Å². The molecule has 1 atom stereocenters. The Morgan fingerprint density at radius 2 is 2.26 bits per heavy atom. The van der Waals surface area contributed by atoms with Gasteiger partial charge in [0, 0.05) is 36.3 Å². The van der Waals surface area contributed by atoms with Crippen LogP contribution in [0.1, 0.15) is 6.42 Å². The summed E-state index contributed by atoms with van der Waals surface area (Å²) in [5.41, 5.74) is 0.490. The van der Waals surface area contributed by atoms with Crippen molar-refractivity contribution in [2.24, 2.45) is 5.92 Å². The van der Waals surface area contributed by atoms with Crippen LogP contribution in [0.5, 0.6) is 0 Å². The fourth-order valence-corrected chi connectivity index (χ4v) is 2.25. The Bertz CT molecular complexity index is 493. The number of nitrogens with zero attached hydrogens (tertiary/aromatic N) is 1. The van der Waals surface area contributed by atoms with Crippen LogP contribution in [0.25, 0.3) is 0 Å². The van der Waals surface area contributed by atoms with Crippen LogP contribution >= 0.6 is 11.6 Å². The molecule has 0 saturated carbocycles. The molecule has 2 N–H and O–H groups in total. The molecule has 5 nitrogen and oxygen atoms in total. The van der Waals surface area contributed by atoms with E-state index >= 15 is 0 Å². The second kappa shape index (κ2) is 6.04. The van der Waals surface area contributed by atoms with E-state index in [1.54, 1.807) is 24.3 Å². The van der Waals surface area contributed by atoms with Crippen LogP contribution < -0.4 is 5.32 Å². The number of aliphatic hydroxyl groups is 1. The third-order valence-electron chi connectivity index (χ3n) is 3.11. The Kier molecular flexibility index (Phi) is 4.39. The molecule has 102 valence electrons. The second-order valence-electron chi connectivity index (χ2n) is 4.55. The molecule has 2 amide bonds. The first kappa shape index (κ1) is 13.8. The summed E-state index contributed by atoms with van der Waals surface area (Å²) in [5.74, 6) is -1.18. The van der Waals surface area contributed by atoms with Crippen molar-refractivity contribution in [2.75, 3.05) is 25.0 Å². The standard InChI is InChI=1S/C13H15ClN2O3/c14-10-2-1-3-11(6-10)15-12(18)13(19)16-5-4-9(7-16)8-17/h1-3,6,9,17H,4-5,7-8H2,(H,15,18). The SMILES string of the molecule is O=C(Nc1cccc(Cl)c1)C(=O)N1CCC(CO)C1. The summed E-state index contributed by atoms with van der Waals surface area (Å²) in [6.07, 6.45) is 0.729. The number of carbonyl (C=O) groups is 2. The number of likely N-dealkylation sites (tertiary alicyclic amines) is 1. The Hall–Kier alpha value is -1.59. The zero-order chi connectivity index (χ0) is 13.8. The van der Waals surface area contributed by atoms with Gasteiger partial charge in [-0.25, -0.2) is 0 Å². The van der Waals surface area contributed by atoms with Crippen LogP contribution in [0, 0.1) is 5.92 Å². The minimum atomic E-state index is -0.680. The number of amides is 2. The fourth-order valence-electron chi connectivity index (χ4n) is 2.06. The first-order valence-corrected chi connectivity index (χ1v) is 6.44. The predicted octanol–water partition coefficient (Wildman–Crippen LogP) is 1.12. The highest BCUT2D eigenvalue weighted by atomic mass is 35.5. The molecule has 1 heterocycles. The number of benzene rings is 1. The lowest BCUT2D eigenvalue weighted by Gasteiger charge is -2.15. The minimum Gasteiger partial charge on any atom is -0.396 e. The molecule has 0 bridgehead atoms. The van der Waals surface area contributed by atoms with E-state index in [1.165, 1.54) is 4.90 Å². The lowest BCUT2D eigenvalue weighted by molar-refractivity contribution is -0.142. The molecule has 6 heteroatoms. The first-order valence-electron chi connectivity index (χ1n) is 6.07. The molecule has 1 aliphatic rings. The van der Waals surface area contributed by atoms with E-state index in [-0.39, 0.29) is 12.5 Å². The average molecular weight is 283 g/mol. The summed E-state index contributed by atoms with van der Waals surface area (Å²) >= 11 is 5.80. The van der Waals surface area contributed by atoms with Crippen molar-refractivity contribution in [1.29, 1.82) is 0 Å². The average Bonchev–Trinajstić information content (AvgIpc) is 2.86. The number of halogens is 1. The topological polar surface area (TPSA) is 69.6 Å². The molecule has 1 unspecified atom stereocenters. The molecule has 1 aromatic carbocycles. The molecule has 19 heavy (non-hydrogen) atoms. The van der Waals surface area contributed by atoms with Crippen LogP contribution in [0.15, 0.2) is 24.3 Å². The van der Waals surface area contributed by atoms with Crippen LogP contribution in [-0.4, -0.2) is 41.5 Å². The van der Waals surface area contributed by atoms with E-state index in [1.807, 2.05) is 0 Å². The van der Waals surface area contributed by atoms with Gasteiger partial charge in [0.1, 0.15) is 0 Å². The molecule has 0 aliphatic carbocycles. The van der Waals surface area contributed by atoms with Gasteiger partial charge in [-0.1, -0.05) is 17.7 Å². The summed E-state index contributed by atoms with van der Waals surface area (Å²) in [4.78, 5) is 25.2. The van der Waals surface area contributed by atoms with Gasteiger partial charge in [0.15, 0.2) is 0 Å². The van der Waals surface area contributed by atoms with Gasteiger partial charge in [0.2, 0.25) is 0 Å². The number of carbonyl (C=O) groups excluding carboxylic acids is 2. The van der Waals surface area contributed by atoms with E-state index < -0.39 is 11.8 Å². The van der Waals surface area contributed by atoms with Crippen molar-refractivity contribution in [3.63, 3.8) is 0 Å². The Balaban J connectivity index is 1.95. The third kappa shape index (κ3) is 3.45. The Labute approximate surface area is 116 Å². The van der Waals surface area contributed by atoms with Gasteiger partial charge in [-0.15, -0.1) is 0 Å². The maximum absolute atomic E-state index is 11.9. The number of hydrogen-bond acceptors (Lipinski definition) is 3. The van der Waals surface area contributed by atoms with E-state index in [0.717, 1.165) is 6.42 Å². The van der Waals surface area contributed by atoms with Crippen LogP contribution in [-0.2, 0) is 9.59 Å². The van der Waals surface area contributed by atoms with Gasteiger partial charge >= 0.3 is 11.8 Å². The van der Waals surface area contributed by atoms with E-state index in [4.69, 9.17) is 16.7 Å². The van der Waals surface area contributed by atoms with Gasteiger partial charge in [-0.3, -0.25) is 9.59 Å². The highest BCUT2D eigenvalue weighted by Gasteiger charge is 2.29. The monoisotopic (exact) mass is 282 g/mol. The zero-order valence-corrected chi connectivity index (χ0v) is 11.1. The Morgan fingerprint density at radius 3 is 2.89 bits per heavy atom. The zero-order valence-electron chi connectivity index (χ0n) is 10.3. The van der Waals surface area contributed by atoms with Crippen molar-refractivity contribution < 1.29 is 14.7 Å². The summed E-state index contributed by atoms with van der Waals surface area (Å²) in [6, 6.07) is 6.62. The smallest absolute Gasteiger partial charge is 0.313 e. The third-order valence-corrected chi connectivity index (χ3v) is 3.34. The predicted molar refractivity (Wildman–Crippen MR) is 71.9 cm³/mol. The quantitative estimate of drug-likeness (QED) is 0.799. The normalized spacial score (nSPS) is 18.4. The molecular formula is C13H15ClN2O3. The molecule has 0 radical (unpaired) electrons. The fraction of sp³-hybridized carbons (Fsp3) is 0.385. The highest BCUT2D eigenvalue weighted by molar-refractivity contribution is 6.39. The molecule has 0 spiro atoms. The molecule has 1 saturated heterocycles. The lowest BCUT2D eigenvalue weighted by Crippen LogP contribution is -2.38. The van der Waals surface area contributed by atoms with Gasteiger partial charge in [0.25, 0.3) is 0 Å². The molecular weight excluding hydrogens is 268 g/mol. The molecule has 1 aliphatic heterocycles. The number of rotatable bonds is 2. The van der Waals surface area contributed by atoms with Crippen LogP contribution in [0.2, 0.25) is 5.02 Å². The van der Waals surface area contributed by atoms with Crippen molar-refractivity contribution in [1.82, 2.24) is 4.90 Å². The van der Waals surface area contributed by atoms with Gasteiger partial charge < -0.3 is 15.3 Å². The maximum Gasteiger partial charge on any atom is 0.313 e. The molecule has 1 aromatic rings.